The summed E-state index contributed by atoms with van der Waals surface area (Å²) in [7, 11) is 0. The van der Waals surface area contributed by atoms with Gasteiger partial charge in [0.1, 0.15) is 12.1 Å². The molecule has 5 nitrogen and oxygen atoms in total. The van der Waals surface area contributed by atoms with Gasteiger partial charge in [-0.3, -0.25) is 15.6 Å². The number of fused-ring (bicyclic) bond motifs is 3. The SMILES string of the molecule is N#Cc1cccc(C(/C=C/[C@@H]2Cc3nc4ccccc4n3C(N)N2)=C/S)c1. The van der Waals surface area contributed by atoms with Crippen molar-refractivity contribution >= 4 is 29.2 Å². The minimum atomic E-state index is -0.332. The maximum Gasteiger partial charge on any atom is 0.138 e. The van der Waals surface area contributed by atoms with Gasteiger partial charge in [-0.15, -0.1) is 0 Å². The van der Waals surface area contributed by atoms with E-state index in [1.807, 2.05) is 53.1 Å². The number of nitrogens with one attached hydrogen (secondary N) is 1. The topological polar surface area (TPSA) is 79.7 Å². The molecule has 6 heteroatoms. The molecule has 0 aliphatic carbocycles. The van der Waals surface area contributed by atoms with Crippen LogP contribution in [0.3, 0.4) is 0 Å². The van der Waals surface area contributed by atoms with Crippen molar-refractivity contribution < 1.29 is 0 Å². The Morgan fingerprint density at radius 2 is 2.15 bits per heavy atom. The second-order valence-corrected chi connectivity index (χ2v) is 6.70. The Hall–Kier alpha value is -2.85. The summed E-state index contributed by atoms with van der Waals surface area (Å²) in [5.74, 6) is 0.972. The smallest absolute Gasteiger partial charge is 0.138 e. The number of allylic oxidation sites excluding steroid dienone is 2. The molecule has 0 bridgehead atoms. The van der Waals surface area contributed by atoms with Crippen molar-refractivity contribution in [3.63, 3.8) is 0 Å². The zero-order chi connectivity index (χ0) is 18.8. The predicted molar refractivity (Wildman–Crippen MR) is 111 cm³/mol. The van der Waals surface area contributed by atoms with Gasteiger partial charge < -0.3 is 0 Å². The first-order chi connectivity index (χ1) is 13.2. The number of thiol groups is 1. The van der Waals surface area contributed by atoms with Crippen LogP contribution in [-0.4, -0.2) is 15.6 Å². The molecule has 2 atom stereocenters. The zero-order valence-electron chi connectivity index (χ0n) is 14.6. The Bertz CT molecular complexity index is 1090. The van der Waals surface area contributed by atoms with E-state index in [9.17, 15) is 0 Å². The molecule has 2 aromatic carbocycles. The summed E-state index contributed by atoms with van der Waals surface area (Å²) in [5.41, 5.74) is 10.9. The molecule has 0 spiro atoms. The molecule has 2 heterocycles. The van der Waals surface area contributed by atoms with Crippen molar-refractivity contribution in [1.82, 2.24) is 14.9 Å². The van der Waals surface area contributed by atoms with Gasteiger partial charge >= 0.3 is 0 Å². The maximum absolute atomic E-state index is 9.09. The average Bonchev–Trinajstić information content (AvgIpc) is 3.07. The largest absolute Gasteiger partial charge is 0.299 e. The van der Waals surface area contributed by atoms with Crippen LogP contribution >= 0.6 is 12.6 Å². The summed E-state index contributed by atoms with van der Waals surface area (Å²) in [4.78, 5) is 4.73. The number of nitrogens with zero attached hydrogens (tertiary/aromatic N) is 3. The molecule has 0 radical (unpaired) electrons. The van der Waals surface area contributed by atoms with Crippen molar-refractivity contribution in [2.45, 2.75) is 18.8 Å². The molecule has 134 valence electrons. The van der Waals surface area contributed by atoms with Gasteiger partial charge in [0.2, 0.25) is 0 Å². The number of aromatic nitrogens is 2. The molecule has 0 saturated heterocycles. The van der Waals surface area contributed by atoms with Gasteiger partial charge in [0.25, 0.3) is 0 Å². The highest BCUT2D eigenvalue weighted by atomic mass is 32.1. The molecule has 3 aromatic rings. The highest BCUT2D eigenvalue weighted by Crippen LogP contribution is 2.24. The molecule has 1 aliphatic rings. The zero-order valence-corrected chi connectivity index (χ0v) is 15.5. The number of imidazole rings is 1. The van der Waals surface area contributed by atoms with E-state index in [0.717, 1.165) is 34.4 Å². The predicted octanol–water partition coefficient (Wildman–Crippen LogP) is 3.36. The normalized spacial score (nSPS) is 20.0. The number of hydrogen-bond acceptors (Lipinski definition) is 5. The maximum atomic E-state index is 9.09. The van der Waals surface area contributed by atoms with Crippen molar-refractivity contribution in [1.29, 1.82) is 5.26 Å². The number of para-hydroxylation sites is 2. The minimum absolute atomic E-state index is 0.0618. The van der Waals surface area contributed by atoms with Crippen LogP contribution in [0.1, 0.15) is 23.2 Å². The van der Waals surface area contributed by atoms with Gasteiger partial charge in [0.05, 0.1) is 22.7 Å². The van der Waals surface area contributed by atoms with Crippen LogP contribution in [0.4, 0.5) is 0 Å². The number of rotatable bonds is 3. The third kappa shape index (κ3) is 3.40. The van der Waals surface area contributed by atoms with Gasteiger partial charge in [0, 0.05) is 12.5 Å². The van der Waals surface area contributed by atoms with Crippen molar-refractivity contribution in [3.05, 3.63) is 83.0 Å². The lowest BCUT2D eigenvalue weighted by Crippen LogP contribution is -2.46. The van der Waals surface area contributed by atoms with Crippen LogP contribution in [-0.2, 0) is 6.42 Å². The average molecular weight is 373 g/mol. The van der Waals surface area contributed by atoms with E-state index in [1.54, 1.807) is 11.5 Å². The molecule has 1 unspecified atom stereocenters. The Balaban J connectivity index is 1.58. The van der Waals surface area contributed by atoms with E-state index in [0.29, 0.717) is 5.56 Å². The lowest BCUT2D eigenvalue weighted by Gasteiger charge is -2.29. The van der Waals surface area contributed by atoms with Crippen LogP contribution < -0.4 is 11.1 Å². The molecule has 3 N–H and O–H groups in total. The number of hydrogen-bond donors (Lipinski definition) is 3. The summed E-state index contributed by atoms with van der Waals surface area (Å²) < 4.78 is 2.05. The third-order valence-electron chi connectivity index (χ3n) is 4.71. The summed E-state index contributed by atoms with van der Waals surface area (Å²) in [6, 6.07) is 17.7. The first-order valence-corrected chi connectivity index (χ1v) is 9.22. The second-order valence-electron chi connectivity index (χ2n) is 6.45. The van der Waals surface area contributed by atoms with Gasteiger partial charge in [0.15, 0.2) is 0 Å². The fraction of sp³-hybridized carbons (Fsp3) is 0.143. The molecule has 0 amide bonds. The molecule has 4 rings (SSSR count). The first-order valence-electron chi connectivity index (χ1n) is 8.70. The molecule has 1 aromatic heterocycles. The number of benzene rings is 2. The Morgan fingerprint density at radius 3 is 2.96 bits per heavy atom. The van der Waals surface area contributed by atoms with E-state index in [4.69, 9.17) is 16.0 Å². The highest BCUT2D eigenvalue weighted by molar-refractivity contribution is 7.83. The fourth-order valence-corrected chi connectivity index (χ4v) is 3.66. The van der Waals surface area contributed by atoms with Gasteiger partial charge in [-0.05, 0) is 40.8 Å². The molecule has 1 aliphatic heterocycles. The summed E-state index contributed by atoms with van der Waals surface area (Å²) >= 11 is 4.33. The van der Waals surface area contributed by atoms with Crippen LogP contribution in [0, 0.1) is 11.3 Å². The minimum Gasteiger partial charge on any atom is -0.299 e. The van der Waals surface area contributed by atoms with Gasteiger partial charge in [-0.25, -0.2) is 4.98 Å². The second kappa shape index (κ2) is 7.41. The molecular weight excluding hydrogens is 354 g/mol. The summed E-state index contributed by atoms with van der Waals surface area (Å²) in [6.45, 7) is 0. The Labute approximate surface area is 163 Å². The summed E-state index contributed by atoms with van der Waals surface area (Å²) in [5, 5.41) is 14.2. The van der Waals surface area contributed by atoms with E-state index in [1.165, 1.54) is 0 Å². The van der Waals surface area contributed by atoms with Crippen LogP contribution in [0.25, 0.3) is 16.6 Å². The Morgan fingerprint density at radius 1 is 1.30 bits per heavy atom. The molecule has 0 saturated carbocycles. The van der Waals surface area contributed by atoms with E-state index in [-0.39, 0.29) is 12.3 Å². The lowest BCUT2D eigenvalue weighted by molar-refractivity contribution is 0.340. The monoisotopic (exact) mass is 373 g/mol. The molecule has 27 heavy (non-hydrogen) atoms. The number of nitrogens with two attached hydrogens (primary N) is 1. The van der Waals surface area contributed by atoms with Crippen molar-refractivity contribution in [2.24, 2.45) is 5.73 Å². The molecule has 0 fully saturated rings. The van der Waals surface area contributed by atoms with Crippen LogP contribution in [0.15, 0.2) is 66.1 Å². The standard InChI is InChI=1S/C21H19N5S/c22-12-14-4-3-5-15(10-14)16(13-27)8-9-17-11-20-25-18-6-1-2-7-19(18)26(20)21(23)24-17/h1-10,13,17,21,24,27H,11,23H2/b9-8+,16-13+/t17-,21?/m1/s1. The highest BCUT2D eigenvalue weighted by Gasteiger charge is 2.25. The van der Waals surface area contributed by atoms with Crippen molar-refractivity contribution in [2.75, 3.05) is 0 Å². The van der Waals surface area contributed by atoms with Crippen molar-refractivity contribution in [3.8, 4) is 6.07 Å². The van der Waals surface area contributed by atoms with Gasteiger partial charge in [-0.1, -0.05) is 36.4 Å². The Kier molecular flexibility index (Phi) is 4.82. The fourth-order valence-electron chi connectivity index (χ4n) is 3.42. The van der Waals surface area contributed by atoms with E-state index in [2.05, 4.69) is 30.1 Å². The van der Waals surface area contributed by atoms with Crippen LogP contribution in [0.5, 0.6) is 0 Å². The first kappa shape index (κ1) is 17.6. The quantitative estimate of drug-likeness (QED) is 0.486. The van der Waals surface area contributed by atoms with E-state index >= 15 is 0 Å². The molecular formula is C21H19N5S. The van der Waals surface area contributed by atoms with E-state index < -0.39 is 0 Å². The lowest BCUT2D eigenvalue weighted by atomic mass is 10.0. The third-order valence-corrected chi connectivity index (χ3v) is 4.98. The summed E-state index contributed by atoms with van der Waals surface area (Å²) in [6.07, 6.45) is 4.49. The number of nitriles is 1. The van der Waals surface area contributed by atoms with Gasteiger partial charge in [-0.2, -0.15) is 17.9 Å². The van der Waals surface area contributed by atoms with Crippen LogP contribution in [0.2, 0.25) is 0 Å².